The fraction of sp³-hybridized carbons (Fsp3) is 0.474. The molecular formula is C19H24ClN3O. The Labute approximate surface area is 148 Å². The van der Waals surface area contributed by atoms with Crippen LogP contribution in [-0.2, 0) is 6.54 Å². The molecule has 0 radical (unpaired) electrons. The molecule has 1 aromatic heterocycles. The summed E-state index contributed by atoms with van der Waals surface area (Å²) in [4.78, 5) is 14.9. The van der Waals surface area contributed by atoms with Gasteiger partial charge in [0, 0.05) is 23.8 Å². The SMILES string of the molecule is Cc1nn(Cc2ccccc2Cl)c(C)c1C(=O)N1CCC(C)(C)C1. The lowest BCUT2D eigenvalue weighted by Crippen LogP contribution is -2.31. The molecule has 0 unspecified atom stereocenters. The van der Waals surface area contributed by atoms with Gasteiger partial charge in [-0.15, -0.1) is 0 Å². The molecule has 0 aliphatic carbocycles. The van der Waals surface area contributed by atoms with Gasteiger partial charge >= 0.3 is 0 Å². The second-order valence-electron chi connectivity index (χ2n) is 7.44. The van der Waals surface area contributed by atoms with Crippen LogP contribution in [0.1, 0.15) is 47.6 Å². The lowest BCUT2D eigenvalue weighted by Gasteiger charge is -2.20. The Kier molecular flexibility index (Phi) is 4.43. The Morgan fingerprint density at radius 1 is 1.29 bits per heavy atom. The smallest absolute Gasteiger partial charge is 0.257 e. The summed E-state index contributed by atoms with van der Waals surface area (Å²) in [5.74, 6) is 0.0981. The number of carbonyl (C=O) groups is 1. The largest absolute Gasteiger partial charge is 0.338 e. The predicted molar refractivity (Wildman–Crippen MR) is 96.6 cm³/mol. The van der Waals surface area contributed by atoms with E-state index in [1.165, 1.54) is 0 Å². The summed E-state index contributed by atoms with van der Waals surface area (Å²) in [7, 11) is 0. The Morgan fingerprint density at radius 2 is 2.00 bits per heavy atom. The van der Waals surface area contributed by atoms with Crippen LogP contribution >= 0.6 is 11.6 Å². The van der Waals surface area contributed by atoms with E-state index >= 15 is 0 Å². The van der Waals surface area contributed by atoms with E-state index in [0.29, 0.717) is 6.54 Å². The molecule has 0 saturated carbocycles. The molecule has 128 valence electrons. The van der Waals surface area contributed by atoms with Crippen molar-refractivity contribution in [1.82, 2.24) is 14.7 Å². The van der Waals surface area contributed by atoms with Gasteiger partial charge in [0.25, 0.3) is 5.91 Å². The van der Waals surface area contributed by atoms with E-state index in [1.807, 2.05) is 47.7 Å². The fourth-order valence-electron chi connectivity index (χ4n) is 3.39. The van der Waals surface area contributed by atoms with E-state index in [0.717, 1.165) is 47.0 Å². The van der Waals surface area contributed by atoms with Crippen LogP contribution in [0.5, 0.6) is 0 Å². The molecule has 24 heavy (non-hydrogen) atoms. The van der Waals surface area contributed by atoms with Gasteiger partial charge < -0.3 is 4.90 Å². The van der Waals surface area contributed by atoms with Crippen molar-refractivity contribution in [3.05, 3.63) is 51.8 Å². The quantitative estimate of drug-likeness (QED) is 0.840. The van der Waals surface area contributed by atoms with Crippen LogP contribution in [0.2, 0.25) is 5.02 Å². The maximum atomic E-state index is 13.0. The zero-order valence-electron chi connectivity index (χ0n) is 14.8. The van der Waals surface area contributed by atoms with Gasteiger partial charge in [-0.1, -0.05) is 43.6 Å². The number of hydrogen-bond donors (Lipinski definition) is 0. The third-order valence-electron chi connectivity index (χ3n) is 4.84. The highest BCUT2D eigenvalue weighted by atomic mass is 35.5. The van der Waals surface area contributed by atoms with Crippen molar-refractivity contribution >= 4 is 17.5 Å². The van der Waals surface area contributed by atoms with Crippen LogP contribution in [0, 0.1) is 19.3 Å². The monoisotopic (exact) mass is 345 g/mol. The van der Waals surface area contributed by atoms with E-state index < -0.39 is 0 Å². The minimum Gasteiger partial charge on any atom is -0.338 e. The molecule has 1 amide bonds. The summed E-state index contributed by atoms with van der Waals surface area (Å²) in [6.45, 7) is 10.5. The van der Waals surface area contributed by atoms with Crippen LogP contribution in [0.15, 0.2) is 24.3 Å². The van der Waals surface area contributed by atoms with Crippen molar-refractivity contribution in [1.29, 1.82) is 0 Å². The molecule has 4 nitrogen and oxygen atoms in total. The van der Waals surface area contributed by atoms with Gasteiger partial charge in [0.1, 0.15) is 0 Å². The molecule has 3 rings (SSSR count). The molecule has 1 aliphatic rings. The number of nitrogens with zero attached hydrogens (tertiary/aromatic N) is 3. The number of carbonyl (C=O) groups excluding carboxylic acids is 1. The first-order chi connectivity index (χ1) is 11.3. The van der Waals surface area contributed by atoms with Crippen molar-refractivity contribution in [2.45, 2.75) is 40.7 Å². The summed E-state index contributed by atoms with van der Waals surface area (Å²) in [6.07, 6.45) is 1.05. The summed E-state index contributed by atoms with van der Waals surface area (Å²) < 4.78 is 1.88. The third kappa shape index (κ3) is 3.20. The predicted octanol–water partition coefficient (Wildman–Crippen LogP) is 4.07. The van der Waals surface area contributed by atoms with Gasteiger partial charge in [-0.25, -0.2) is 0 Å². The molecule has 1 fully saturated rings. The van der Waals surface area contributed by atoms with Crippen molar-refractivity contribution in [2.24, 2.45) is 5.41 Å². The molecule has 0 bridgehead atoms. The van der Waals surface area contributed by atoms with Crippen LogP contribution in [0.25, 0.3) is 0 Å². The average Bonchev–Trinajstić information content (AvgIpc) is 3.01. The first-order valence-electron chi connectivity index (χ1n) is 8.35. The minimum absolute atomic E-state index is 0.0981. The highest BCUT2D eigenvalue weighted by molar-refractivity contribution is 6.31. The lowest BCUT2D eigenvalue weighted by atomic mass is 9.93. The number of likely N-dealkylation sites (tertiary alicyclic amines) is 1. The first kappa shape index (κ1) is 17.0. The molecular weight excluding hydrogens is 322 g/mol. The molecule has 2 heterocycles. The first-order valence-corrected chi connectivity index (χ1v) is 8.73. The Balaban J connectivity index is 1.87. The highest BCUT2D eigenvalue weighted by Crippen LogP contribution is 2.30. The average molecular weight is 346 g/mol. The van der Waals surface area contributed by atoms with Crippen molar-refractivity contribution in [2.75, 3.05) is 13.1 Å². The molecule has 0 spiro atoms. The summed E-state index contributed by atoms with van der Waals surface area (Å²) in [5, 5.41) is 5.31. The van der Waals surface area contributed by atoms with E-state index in [4.69, 9.17) is 11.6 Å². The van der Waals surface area contributed by atoms with Gasteiger partial charge in [-0.05, 0) is 37.3 Å². The topological polar surface area (TPSA) is 38.1 Å². The van der Waals surface area contributed by atoms with E-state index in [9.17, 15) is 4.79 Å². The number of rotatable bonds is 3. The second-order valence-corrected chi connectivity index (χ2v) is 7.84. The Bertz CT molecular complexity index is 779. The van der Waals surface area contributed by atoms with E-state index in [2.05, 4.69) is 18.9 Å². The van der Waals surface area contributed by atoms with Gasteiger partial charge in [0.2, 0.25) is 0 Å². The van der Waals surface area contributed by atoms with Crippen LogP contribution in [0.3, 0.4) is 0 Å². The van der Waals surface area contributed by atoms with Crippen molar-refractivity contribution in [3.63, 3.8) is 0 Å². The van der Waals surface area contributed by atoms with Crippen molar-refractivity contribution in [3.8, 4) is 0 Å². The van der Waals surface area contributed by atoms with Gasteiger partial charge in [0.15, 0.2) is 0 Å². The molecule has 1 aliphatic heterocycles. The number of aromatic nitrogens is 2. The molecule has 1 aromatic carbocycles. The second kappa shape index (κ2) is 6.25. The maximum absolute atomic E-state index is 13.0. The standard InChI is InChI=1S/C19H24ClN3O/c1-13-17(18(24)22-10-9-19(3,4)12-22)14(2)23(21-13)11-15-7-5-6-8-16(15)20/h5-8H,9-12H2,1-4H3. The van der Waals surface area contributed by atoms with Gasteiger partial charge in [-0.3, -0.25) is 9.48 Å². The van der Waals surface area contributed by atoms with Gasteiger partial charge in [0.05, 0.1) is 17.8 Å². The van der Waals surface area contributed by atoms with Crippen LogP contribution in [-0.4, -0.2) is 33.7 Å². The van der Waals surface area contributed by atoms with Crippen molar-refractivity contribution < 1.29 is 4.79 Å². The number of hydrogen-bond acceptors (Lipinski definition) is 2. The van der Waals surface area contributed by atoms with Crippen LogP contribution in [0.4, 0.5) is 0 Å². The summed E-state index contributed by atoms with van der Waals surface area (Å²) in [5.41, 5.74) is 3.63. The van der Waals surface area contributed by atoms with Crippen LogP contribution < -0.4 is 0 Å². The lowest BCUT2D eigenvalue weighted by molar-refractivity contribution is 0.0776. The Hall–Kier alpha value is -1.81. The molecule has 0 N–H and O–H groups in total. The molecule has 5 heteroatoms. The Morgan fingerprint density at radius 3 is 2.62 bits per heavy atom. The number of benzene rings is 1. The third-order valence-corrected chi connectivity index (χ3v) is 5.21. The summed E-state index contributed by atoms with van der Waals surface area (Å²) >= 11 is 6.25. The van der Waals surface area contributed by atoms with Gasteiger partial charge in [-0.2, -0.15) is 5.10 Å². The molecule has 2 aromatic rings. The van der Waals surface area contributed by atoms with E-state index in [1.54, 1.807) is 0 Å². The number of aryl methyl sites for hydroxylation is 1. The maximum Gasteiger partial charge on any atom is 0.257 e. The molecule has 1 saturated heterocycles. The summed E-state index contributed by atoms with van der Waals surface area (Å²) in [6, 6.07) is 7.74. The fourth-order valence-corrected chi connectivity index (χ4v) is 3.59. The zero-order chi connectivity index (χ0) is 17.5. The highest BCUT2D eigenvalue weighted by Gasteiger charge is 2.34. The number of halogens is 1. The molecule has 0 atom stereocenters. The minimum atomic E-state index is 0.0981. The zero-order valence-corrected chi connectivity index (χ0v) is 15.5. The van der Waals surface area contributed by atoms with E-state index in [-0.39, 0.29) is 11.3 Å². The normalized spacial score (nSPS) is 16.6. The number of amides is 1.